The summed E-state index contributed by atoms with van der Waals surface area (Å²) in [5, 5.41) is 18.7. The Hall–Kier alpha value is -4.28. The molecular weight excluding hydrogens is 496 g/mol. The number of nitro benzene ring substituents is 1. The number of non-ortho nitro benzene ring substituents is 1. The lowest BCUT2D eigenvalue weighted by Crippen LogP contribution is -2.13. The number of rotatable bonds is 9. The van der Waals surface area contributed by atoms with Gasteiger partial charge in [-0.05, 0) is 29.8 Å². The number of amides is 2. The first-order valence-corrected chi connectivity index (χ1v) is 12.6. The molecule has 8 nitrogen and oxygen atoms in total. The van der Waals surface area contributed by atoms with E-state index in [1.54, 1.807) is 35.7 Å². The van der Waals surface area contributed by atoms with Crippen LogP contribution >= 0.6 is 23.1 Å². The Balaban J connectivity index is 1.29. The number of nitro groups is 1. The molecule has 36 heavy (non-hydrogen) atoms. The molecule has 1 aromatic heterocycles. The first-order chi connectivity index (χ1) is 17.5. The molecule has 1 heterocycles. The predicted molar refractivity (Wildman–Crippen MR) is 144 cm³/mol. The van der Waals surface area contributed by atoms with Crippen molar-refractivity contribution in [3.05, 3.63) is 106 Å². The van der Waals surface area contributed by atoms with E-state index >= 15 is 0 Å². The van der Waals surface area contributed by atoms with Crippen molar-refractivity contribution in [2.45, 2.75) is 4.90 Å². The highest BCUT2D eigenvalue weighted by atomic mass is 32.2. The molecule has 3 aromatic carbocycles. The molecule has 0 bridgehead atoms. The summed E-state index contributed by atoms with van der Waals surface area (Å²) in [5.41, 5.74) is 2.70. The van der Waals surface area contributed by atoms with Gasteiger partial charge in [0.15, 0.2) is 5.13 Å². The number of thiazole rings is 1. The molecule has 180 valence electrons. The van der Waals surface area contributed by atoms with Crippen molar-refractivity contribution in [3.63, 3.8) is 0 Å². The summed E-state index contributed by atoms with van der Waals surface area (Å²) in [5.74, 6) is -0.334. The quantitative estimate of drug-likeness (QED) is 0.120. The zero-order valence-corrected chi connectivity index (χ0v) is 20.4. The average molecular weight is 517 g/mol. The van der Waals surface area contributed by atoms with Crippen LogP contribution in [0.15, 0.2) is 95.2 Å². The molecular formula is C26H20N4O4S2. The topological polar surface area (TPSA) is 114 Å². The van der Waals surface area contributed by atoms with E-state index in [-0.39, 0.29) is 23.3 Å². The zero-order chi connectivity index (χ0) is 25.3. The molecule has 0 radical (unpaired) electrons. The highest BCUT2D eigenvalue weighted by Gasteiger charge is 2.12. The van der Waals surface area contributed by atoms with Gasteiger partial charge in [0.2, 0.25) is 11.8 Å². The van der Waals surface area contributed by atoms with Gasteiger partial charge >= 0.3 is 0 Å². The largest absolute Gasteiger partial charge is 0.322 e. The van der Waals surface area contributed by atoms with Crippen LogP contribution in [0, 0.1) is 10.1 Å². The maximum atomic E-state index is 12.4. The number of aromatic nitrogens is 1. The molecule has 4 aromatic rings. The number of thioether (sulfide) groups is 1. The van der Waals surface area contributed by atoms with Crippen LogP contribution in [0.25, 0.3) is 17.3 Å². The number of carbonyl (C=O) groups is 2. The second-order valence-corrected chi connectivity index (χ2v) is 9.35. The Kier molecular flexibility index (Phi) is 8.22. The van der Waals surface area contributed by atoms with E-state index in [0.717, 1.165) is 10.5 Å². The maximum Gasteiger partial charge on any atom is 0.270 e. The van der Waals surface area contributed by atoms with Crippen LogP contribution in [-0.2, 0) is 9.59 Å². The lowest BCUT2D eigenvalue weighted by Gasteiger charge is -2.06. The molecule has 0 spiro atoms. The third-order valence-corrected chi connectivity index (χ3v) is 6.55. The summed E-state index contributed by atoms with van der Waals surface area (Å²) in [6, 6.07) is 23.0. The molecule has 10 heteroatoms. The number of nitrogens with one attached hydrogen (secondary N) is 2. The van der Waals surface area contributed by atoms with Crippen molar-refractivity contribution in [2.75, 3.05) is 16.4 Å². The number of nitrogens with zero attached hydrogens (tertiary/aromatic N) is 2. The number of benzene rings is 3. The number of hydrogen-bond donors (Lipinski definition) is 2. The average Bonchev–Trinajstić information content (AvgIpc) is 3.35. The monoisotopic (exact) mass is 516 g/mol. The van der Waals surface area contributed by atoms with E-state index in [9.17, 15) is 19.7 Å². The minimum Gasteiger partial charge on any atom is -0.322 e. The maximum absolute atomic E-state index is 12.4. The van der Waals surface area contributed by atoms with Crippen LogP contribution in [-0.4, -0.2) is 27.5 Å². The highest BCUT2D eigenvalue weighted by Crippen LogP contribution is 2.28. The fraction of sp³-hybridized carbons (Fsp3) is 0.0385. The van der Waals surface area contributed by atoms with Crippen molar-refractivity contribution < 1.29 is 14.5 Å². The fourth-order valence-corrected chi connectivity index (χ4v) is 4.62. The molecule has 0 saturated heterocycles. The van der Waals surface area contributed by atoms with Gasteiger partial charge in [-0.1, -0.05) is 48.5 Å². The second-order valence-electron chi connectivity index (χ2n) is 7.44. The predicted octanol–water partition coefficient (Wildman–Crippen LogP) is 6.10. The summed E-state index contributed by atoms with van der Waals surface area (Å²) in [4.78, 5) is 40.4. The molecule has 0 aliphatic heterocycles. The summed E-state index contributed by atoms with van der Waals surface area (Å²) < 4.78 is 0. The van der Waals surface area contributed by atoms with E-state index in [2.05, 4.69) is 15.6 Å². The van der Waals surface area contributed by atoms with Gasteiger partial charge in [0.1, 0.15) is 0 Å². The molecule has 0 unspecified atom stereocenters. The zero-order valence-electron chi connectivity index (χ0n) is 18.8. The molecule has 0 atom stereocenters. The molecule has 2 N–H and O–H groups in total. The van der Waals surface area contributed by atoms with Crippen LogP contribution in [0.1, 0.15) is 5.56 Å². The van der Waals surface area contributed by atoms with Crippen molar-refractivity contribution in [1.82, 2.24) is 4.98 Å². The van der Waals surface area contributed by atoms with Gasteiger partial charge in [-0.3, -0.25) is 19.7 Å². The standard InChI is InChI=1S/C26H20N4O4S2/c31-24(13-12-18-6-2-1-3-7-18)27-20-9-5-11-22(15-20)35-17-25(32)29-26-28-23(16-36-26)19-8-4-10-21(14-19)30(33)34/h1-16H,17H2,(H,27,31)(H,28,29,32)/b13-12+. The number of hydrogen-bond acceptors (Lipinski definition) is 7. The molecule has 0 fully saturated rings. The third kappa shape index (κ3) is 7.11. The third-order valence-electron chi connectivity index (χ3n) is 4.80. The van der Waals surface area contributed by atoms with E-state index in [4.69, 9.17) is 0 Å². The first kappa shape index (κ1) is 24.8. The Morgan fingerprint density at radius 3 is 2.61 bits per heavy atom. The molecule has 4 rings (SSSR count). The van der Waals surface area contributed by atoms with Gasteiger partial charge in [-0.15, -0.1) is 23.1 Å². The lowest BCUT2D eigenvalue weighted by molar-refractivity contribution is -0.384. The normalized spacial score (nSPS) is 10.8. The number of anilines is 2. The molecule has 0 aliphatic carbocycles. The van der Waals surface area contributed by atoms with Crippen molar-refractivity contribution in [3.8, 4) is 11.3 Å². The second kappa shape index (κ2) is 11.9. The summed E-state index contributed by atoms with van der Waals surface area (Å²) in [6.07, 6.45) is 3.21. The molecule has 0 saturated carbocycles. The van der Waals surface area contributed by atoms with Gasteiger partial charge in [-0.25, -0.2) is 4.98 Å². The van der Waals surface area contributed by atoms with Crippen molar-refractivity contribution in [1.29, 1.82) is 0 Å². The Morgan fingerprint density at radius 2 is 1.81 bits per heavy atom. The Labute approximate surface area is 215 Å². The van der Waals surface area contributed by atoms with Crippen LogP contribution in [0.4, 0.5) is 16.5 Å². The smallest absolute Gasteiger partial charge is 0.270 e. The minimum atomic E-state index is -0.461. The Morgan fingerprint density at radius 1 is 1.00 bits per heavy atom. The molecule has 0 aliphatic rings. The summed E-state index contributed by atoms with van der Waals surface area (Å²) >= 11 is 2.57. The lowest BCUT2D eigenvalue weighted by atomic mass is 10.1. The van der Waals surface area contributed by atoms with Gasteiger partial charge in [0.05, 0.1) is 16.4 Å². The van der Waals surface area contributed by atoms with Crippen LogP contribution in [0.2, 0.25) is 0 Å². The van der Waals surface area contributed by atoms with Crippen molar-refractivity contribution in [2.24, 2.45) is 0 Å². The first-order valence-electron chi connectivity index (χ1n) is 10.7. The van der Waals surface area contributed by atoms with Crippen LogP contribution < -0.4 is 10.6 Å². The van der Waals surface area contributed by atoms with E-state index < -0.39 is 4.92 Å². The van der Waals surface area contributed by atoms with Crippen LogP contribution in [0.3, 0.4) is 0 Å². The van der Waals surface area contributed by atoms with E-state index in [0.29, 0.717) is 22.1 Å². The van der Waals surface area contributed by atoms with Gasteiger partial charge in [0.25, 0.3) is 5.69 Å². The summed E-state index contributed by atoms with van der Waals surface area (Å²) in [6.45, 7) is 0. The summed E-state index contributed by atoms with van der Waals surface area (Å²) in [7, 11) is 0. The van der Waals surface area contributed by atoms with E-state index in [1.165, 1.54) is 41.3 Å². The SMILES string of the molecule is O=C(/C=C/c1ccccc1)Nc1cccc(SCC(=O)Nc2nc(-c3cccc([N+](=O)[O-])c3)cs2)c1. The van der Waals surface area contributed by atoms with Crippen LogP contribution in [0.5, 0.6) is 0 Å². The highest BCUT2D eigenvalue weighted by molar-refractivity contribution is 8.00. The van der Waals surface area contributed by atoms with Gasteiger partial charge in [-0.2, -0.15) is 0 Å². The Bertz CT molecular complexity index is 1420. The number of carbonyl (C=O) groups excluding carboxylic acids is 2. The fourth-order valence-electron chi connectivity index (χ4n) is 3.13. The molecule has 2 amide bonds. The van der Waals surface area contributed by atoms with E-state index in [1.807, 2.05) is 42.5 Å². The van der Waals surface area contributed by atoms with Gasteiger partial charge in [0, 0.05) is 39.7 Å². The van der Waals surface area contributed by atoms with Crippen molar-refractivity contribution >= 4 is 57.5 Å². The minimum absolute atomic E-state index is 0.0203. The van der Waals surface area contributed by atoms with Gasteiger partial charge < -0.3 is 10.6 Å².